The van der Waals surface area contributed by atoms with Gasteiger partial charge in [-0.05, 0) is 25.3 Å². The van der Waals surface area contributed by atoms with E-state index in [0.29, 0.717) is 19.3 Å². The van der Waals surface area contributed by atoms with E-state index in [2.05, 4.69) is 20.6 Å². The number of sulfonamides is 1. The lowest BCUT2D eigenvalue weighted by Gasteiger charge is -2.17. The Morgan fingerprint density at radius 3 is 2.57 bits per heavy atom. The number of fused-ring (bicyclic) bond motifs is 3. The SMILES string of the molecule is N#Cc1ncc2nc1OCCCCCOc1cc(NS(=O)(=O)CC(F)(F)F)c(Cl)cc1NC(=O)N2. The summed E-state index contributed by atoms with van der Waals surface area (Å²) in [5, 5.41) is 13.7. The number of nitrogens with zero attached hydrogens (tertiary/aromatic N) is 3. The number of nitrogens with one attached hydrogen (secondary N) is 3. The second-order valence-electron chi connectivity index (χ2n) is 7.16. The number of urea groups is 1. The molecule has 3 rings (SSSR count). The zero-order valence-electron chi connectivity index (χ0n) is 17.8. The summed E-state index contributed by atoms with van der Waals surface area (Å²) in [4.78, 5) is 20.4. The van der Waals surface area contributed by atoms with Gasteiger partial charge in [-0.1, -0.05) is 11.6 Å². The van der Waals surface area contributed by atoms with E-state index in [1.807, 2.05) is 6.07 Å². The fourth-order valence-corrected chi connectivity index (χ4v) is 4.15. The maximum Gasteiger partial charge on any atom is 0.404 e. The van der Waals surface area contributed by atoms with Gasteiger partial charge in [0.2, 0.25) is 15.7 Å². The summed E-state index contributed by atoms with van der Waals surface area (Å²) in [6.45, 7) is 0.347. The lowest BCUT2D eigenvalue weighted by atomic mass is 10.2. The van der Waals surface area contributed by atoms with Crippen LogP contribution >= 0.6 is 11.6 Å². The molecule has 1 aliphatic rings. The highest BCUT2D eigenvalue weighted by molar-refractivity contribution is 7.92. The number of hydrogen-bond acceptors (Lipinski definition) is 8. The number of aromatic nitrogens is 2. The molecule has 11 nitrogen and oxygen atoms in total. The molecule has 2 bridgehead atoms. The highest BCUT2D eigenvalue weighted by atomic mass is 35.5. The van der Waals surface area contributed by atoms with Gasteiger partial charge in [-0.15, -0.1) is 0 Å². The molecule has 35 heavy (non-hydrogen) atoms. The number of hydrogen-bond donors (Lipinski definition) is 3. The molecule has 2 heterocycles. The number of ether oxygens (including phenoxy) is 2. The molecule has 0 radical (unpaired) electrons. The zero-order valence-corrected chi connectivity index (χ0v) is 19.4. The third-order valence-corrected chi connectivity index (χ3v) is 5.86. The molecule has 0 fully saturated rings. The van der Waals surface area contributed by atoms with Crippen LogP contribution in [0.1, 0.15) is 25.0 Å². The van der Waals surface area contributed by atoms with E-state index < -0.39 is 28.0 Å². The van der Waals surface area contributed by atoms with Crippen molar-refractivity contribution in [3.63, 3.8) is 0 Å². The number of carbonyl (C=O) groups excluding carboxylic acids is 1. The molecule has 2 amide bonds. The average Bonchev–Trinajstić information content (AvgIpc) is 2.73. The monoisotopic (exact) mass is 534 g/mol. The summed E-state index contributed by atoms with van der Waals surface area (Å²) < 4.78 is 74.4. The van der Waals surface area contributed by atoms with Crippen LogP contribution in [0.25, 0.3) is 0 Å². The largest absolute Gasteiger partial charge is 0.491 e. The van der Waals surface area contributed by atoms with Gasteiger partial charge in [0.05, 0.1) is 35.8 Å². The molecule has 0 saturated heterocycles. The Bertz CT molecular complexity index is 1250. The van der Waals surface area contributed by atoms with Crippen molar-refractivity contribution in [3.05, 3.63) is 29.0 Å². The molecule has 1 aliphatic heterocycles. The normalized spacial score (nSPS) is 15.0. The first-order chi connectivity index (χ1) is 16.5. The predicted molar refractivity (Wildman–Crippen MR) is 119 cm³/mol. The minimum absolute atomic E-state index is 0.0132. The van der Waals surface area contributed by atoms with Gasteiger partial charge in [-0.3, -0.25) is 10.0 Å². The van der Waals surface area contributed by atoms with Gasteiger partial charge < -0.3 is 14.8 Å². The lowest BCUT2D eigenvalue weighted by Crippen LogP contribution is -2.28. The van der Waals surface area contributed by atoms with E-state index in [-0.39, 0.29) is 52.8 Å². The van der Waals surface area contributed by atoms with Crippen molar-refractivity contribution in [2.24, 2.45) is 0 Å². The van der Waals surface area contributed by atoms with E-state index in [0.717, 1.165) is 18.3 Å². The summed E-state index contributed by atoms with van der Waals surface area (Å²) in [6, 6.07) is 3.22. The molecular weight excluding hydrogens is 517 g/mol. The van der Waals surface area contributed by atoms with Crippen molar-refractivity contribution in [2.75, 3.05) is 34.3 Å². The number of amides is 2. The number of alkyl halides is 3. The Morgan fingerprint density at radius 1 is 1.17 bits per heavy atom. The Morgan fingerprint density at radius 2 is 1.89 bits per heavy atom. The molecule has 0 spiro atoms. The van der Waals surface area contributed by atoms with Gasteiger partial charge in [0.15, 0.2) is 11.6 Å². The second-order valence-corrected chi connectivity index (χ2v) is 9.29. The van der Waals surface area contributed by atoms with Gasteiger partial charge in [0.1, 0.15) is 11.8 Å². The number of carbonyl (C=O) groups is 1. The van der Waals surface area contributed by atoms with E-state index in [4.69, 9.17) is 26.3 Å². The van der Waals surface area contributed by atoms with Gasteiger partial charge in [0, 0.05) is 6.07 Å². The van der Waals surface area contributed by atoms with Crippen LogP contribution in [0.5, 0.6) is 11.6 Å². The molecule has 0 aliphatic carbocycles. The molecule has 1 aromatic carbocycles. The molecule has 2 aromatic rings. The van der Waals surface area contributed by atoms with E-state index in [9.17, 15) is 26.4 Å². The number of benzene rings is 1. The van der Waals surface area contributed by atoms with Gasteiger partial charge in [-0.2, -0.15) is 23.4 Å². The van der Waals surface area contributed by atoms with E-state index >= 15 is 0 Å². The first-order valence-electron chi connectivity index (χ1n) is 9.97. The Hall–Kier alpha value is -3.51. The van der Waals surface area contributed by atoms with Crippen molar-refractivity contribution in [3.8, 4) is 17.7 Å². The van der Waals surface area contributed by atoms with E-state index in [1.54, 1.807) is 4.72 Å². The summed E-state index contributed by atoms with van der Waals surface area (Å²) in [7, 11) is -4.81. The topological polar surface area (TPSA) is 155 Å². The van der Waals surface area contributed by atoms with Crippen LogP contribution in [0, 0.1) is 11.3 Å². The maximum absolute atomic E-state index is 12.6. The molecule has 1 aromatic heterocycles. The molecule has 16 heteroatoms. The predicted octanol–water partition coefficient (Wildman–Crippen LogP) is 3.89. The van der Waals surface area contributed by atoms with Gasteiger partial charge >= 0.3 is 12.2 Å². The maximum atomic E-state index is 12.6. The summed E-state index contributed by atoms with van der Waals surface area (Å²) in [6.07, 6.45) is -2.09. The highest BCUT2D eigenvalue weighted by Gasteiger charge is 2.35. The van der Waals surface area contributed by atoms with Crippen LogP contribution in [-0.4, -0.2) is 49.6 Å². The molecule has 0 atom stereocenters. The number of nitriles is 1. The molecule has 0 saturated carbocycles. The number of halogens is 4. The number of anilines is 3. The molecular formula is C19H18ClF3N6O5S. The highest BCUT2D eigenvalue weighted by Crippen LogP contribution is 2.36. The quantitative estimate of drug-likeness (QED) is 0.535. The van der Waals surface area contributed by atoms with Gasteiger partial charge in [-0.25, -0.2) is 18.2 Å². The van der Waals surface area contributed by atoms with Crippen molar-refractivity contribution in [2.45, 2.75) is 25.4 Å². The van der Waals surface area contributed by atoms with Gasteiger partial charge in [0.25, 0.3) is 5.88 Å². The first-order valence-corrected chi connectivity index (χ1v) is 12.0. The minimum atomic E-state index is -4.96. The standard InChI is InChI=1S/C19H18ClF3N6O5S/c20-11-6-13-15(7-12(11)29-35(31,32)10-19(21,22)23)33-4-2-1-3-5-34-17-14(8-24)25-9-16(27-17)28-18(30)26-13/h6-7,9,29H,1-5,10H2,(H2,26,27,28,30). The lowest BCUT2D eigenvalue weighted by molar-refractivity contribution is -0.106. The smallest absolute Gasteiger partial charge is 0.404 e. The van der Waals surface area contributed by atoms with Crippen molar-refractivity contribution in [1.29, 1.82) is 5.26 Å². The summed E-state index contributed by atoms with van der Waals surface area (Å²) >= 11 is 6.06. The summed E-state index contributed by atoms with van der Waals surface area (Å²) in [5.41, 5.74) is -0.397. The molecule has 3 N–H and O–H groups in total. The zero-order chi connectivity index (χ0) is 25.6. The number of rotatable bonds is 3. The second kappa shape index (κ2) is 10.8. The fourth-order valence-electron chi connectivity index (χ4n) is 2.88. The molecule has 0 unspecified atom stereocenters. The Kier molecular flexibility index (Phi) is 8.07. The van der Waals surface area contributed by atoms with Crippen LogP contribution in [0.3, 0.4) is 0 Å². The van der Waals surface area contributed by atoms with Crippen LogP contribution in [0.2, 0.25) is 5.02 Å². The van der Waals surface area contributed by atoms with Crippen molar-refractivity contribution < 1.29 is 35.9 Å². The fraction of sp³-hybridized carbons (Fsp3) is 0.368. The van der Waals surface area contributed by atoms with Crippen LogP contribution in [-0.2, 0) is 10.0 Å². The van der Waals surface area contributed by atoms with Crippen LogP contribution in [0.4, 0.5) is 35.2 Å². The third kappa shape index (κ3) is 7.76. The average molecular weight is 535 g/mol. The van der Waals surface area contributed by atoms with Crippen molar-refractivity contribution >= 4 is 44.8 Å². The van der Waals surface area contributed by atoms with Crippen LogP contribution in [0.15, 0.2) is 18.3 Å². The van der Waals surface area contributed by atoms with Crippen LogP contribution < -0.4 is 24.8 Å². The minimum Gasteiger partial charge on any atom is -0.491 e. The first kappa shape index (κ1) is 26.1. The van der Waals surface area contributed by atoms with E-state index in [1.165, 1.54) is 0 Å². The Balaban J connectivity index is 1.89. The summed E-state index contributed by atoms with van der Waals surface area (Å²) in [5.74, 6) is -2.22. The van der Waals surface area contributed by atoms with Crippen molar-refractivity contribution in [1.82, 2.24) is 9.97 Å². The third-order valence-electron chi connectivity index (χ3n) is 4.31. The Labute approximate surface area is 202 Å². The molecule has 188 valence electrons.